The molecule has 1 saturated heterocycles. The Balaban J connectivity index is 2.18. The summed E-state index contributed by atoms with van der Waals surface area (Å²) in [6, 6.07) is 5.69. The van der Waals surface area contributed by atoms with Crippen molar-refractivity contribution in [3.8, 4) is 0 Å². The molecule has 1 atom stereocenters. The molecule has 0 aromatic heterocycles. The van der Waals surface area contributed by atoms with Crippen LogP contribution < -0.4 is 5.32 Å². The number of likely N-dealkylation sites (N-methyl/N-ethyl adjacent to an activating group) is 1. The molecule has 10 nitrogen and oxygen atoms in total. The number of nitrogens with zero attached hydrogens (tertiary/aromatic N) is 2. The molecule has 0 radical (unpaired) electrons. The van der Waals surface area contributed by atoms with Gasteiger partial charge in [-0.3, -0.25) is 14.5 Å². The number of methoxy groups -OCH3 is 1. The third-order valence-electron chi connectivity index (χ3n) is 3.92. The SMILES string of the molecule is CCN1CCN(C(=O)N[C@H](C(=O)OC(=O)OC)c2ccccc2)C(=O)C1=O. The van der Waals surface area contributed by atoms with Crippen LogP contribution >= 0.6 is 0 Å². The van der Waals surface area contributed by atoms with Crippen LogP contribution in [-0.4, -0.2) is 66.5 Å². The fraction of sp³-hybridized carbons (Fsp3) is 0.353. The first-order valence-corrected chi connectivity index (χ1v) is 8.14. The van der Waals surface area contributed by atoms with Gasteiger partial charge in [0, 0.05) is 19.6 Å². The number of nitrogens with one attached hydrogen (secondary N) is 1. The van der Waals surface area contributed by atoms with E-state index in [0.29, 0.717) is 12.1 Å². The highest BCUT2D eigenvalue weighted by Gasteiger charge is 2.37. The molecule has 1 aliphatic rings. The molecule has 1 N–H and O–H groups in total. The van der Waals surface area contributed by atoms with Crippen LogP contribution in [0.1, 0.15) is 18.5 Å². The molecule has 1 fully saturated rings. The van der Waals surface area contributed by atoms with E-state index in [0.717, 1.165) is 12.0 Å². The molecule has 27 heavy (non-hydrogen) atoms. The van der Waals surface area contributed by atoms with Gasteiger partial charge in [-0.05, 0) is 12.5 Å². The lowest BCUT2D eigenvalue weighted by molar-refractivity contribution is -0.153. The van der Waals surface area contributed by atoms with E-state index in [1.807, 2.05) is 0 Å². The number of urea groups is 1. The van der Waals surface area contributed by atoms with Gasteiger partial charge in [-0.2, -0.15) is 0 Å². The third-order valence-corrected chi connectivity index (χ3v) is 3.92. The van der Waals surface area contributed by atoms with E-state index in [2.05, 4.69) is 14.8 Å². The van der Waals surface area contributed by atoms with E-state index in [1.54, 1.807) is 25.1 Å². The lowest BCUT2D eigenvalue weighted by Gasteiger charge is -2.32. The maximum absolute atomic E-state index is 12.5. The van der Waals surface area contributed by atoms with Gasteiger partial charge >= 0.3 is 30.0 Å². The van der Waals surface area contributed by atoms with Crippen LogP contribution in [-0.2, 0) is 23.9 Å². The second-order valence-electron chi connectivity index (χ2n) is 5.51. The van der Waals surface area contributed by atoms with Crippen molar-refractivity contribution < 1.29 is 33.4 Å². The van der Waals surface area contributed by atoms with E-state index in [-0.39, 0.29) is 13.1 Å². The number of benzene rings is 1. The summed E-state index contributed by atoms with van der Waals surface area (Å²) >= 11 is 0. The lowest BCUT2D eigenvalue weighted by atomic mass is 10.1. The Labute approximate surface area is 155 Å². The van der Waals surface area contributed by atoms with Crippen LogP contribution in [0.5, 0.6) is 0 Å². The van der Waals surface area contributed by atoms with Gasteiger partial charge in [-0.1, -0.05) is 30.3 Å². The Morgan fingerprint density at radius 2 is 1.78 bits per heavy atom. The van der Waals surface area contributed by atoms with Crippen molar-refractivity contribution >= 4 is 30.0 Å². The van der Waals surface area contributed by atoms with Gasteiger partial charge < -0.3 is 19.7 Å². The van der Waals surface area contributed by atoms with Crippen LogP contribution in [0.4, 0.5) is 9.59 Å². The number of imide groups is 1. The monoisotopic (exact) mass is 377 g/mol. The first-order valence-electron chi connectivity index (χ1n) is 8.14. The van der Waals surface area contributed by atoms with Gasteiger partial charge in [-0.15, -0.1) is 0 Å². The van der Waals surface area contributed by atoms with Gasteiger partial charge in [0.2, 0.25) is 0 Å². The molecule has 0 saturated carbocycles. The van der Waals surface area contributed by atoms with Gasteiger partial charge in [0.05, 0.1) is 7.11 Å². The Bertz CT molecular complexity index is 750. The molecule has 0 spiro atoms. The number of hydrogen-bond acceptors (Lipinski definition) is 7. The highest BCUT2D eigenvalue weighted by Crippen LogP contribution is 2.16. The van der Waals surface area contributed by atoms with E-state index in [9.17, 15) is 24.0 Å². The Morgan fingerprint density at radius 1 is 1.11 bits per heavy atom. The number of ether oxygens (including phenoxy) is 2. The smallest absolute Gasteiger partial charge is 0.437 e. The van der Waals surface area contributed by atoms with Crippen LogP contribution in [0.15, 0.2) is 30.3 Å². The van der Waals surface area contributed by atoms with Crippen molar-refractivity contribution in [2.24, 2.45) is 0 Å². The normalized spacial score (nSPS) is 15.2. The first-order chi connectivity index (χ1) is 12.9. The first kappa shape index (κ1) is 19.9. The Hall–Kier alpha value is -3.43. The minimum atomic E-state index is -1.37. The second kappa shape index (κ2) is 8.79. The third kappa shape index (κ3) is 4.60. The molecule has 2 rings (SSSR count). The maximum atomic E-state index is 12.5. The molecule has 4 amide bonds. The molecule has 1 heterocycles. The molecule has 0 unspecified atom stereocenters. The van der Waals surface area contributed by atoms with Crippen LogP contribution in [0.3, 0.4) is 0 Å². The van der Waals surface area contributed by atoms with Gasteiger partial charge in [0.15, 0.2) is 6.04 Å². The zero-order chi connectivity index (χ0) is 20.0. The molecule has 1 aromatic rings. The number of rotatable bonds is 4. The number of esters is 1. The van der Waals surface area contributed by atoms with E-state index in [4.69, 9.17) is 0 Å². The number of hydrogen-bond donors (Lipinski definition) is 1. The second-order valence-corrected chi connectivity index (χ2v) is 5.51. The summed E-state index contributed by atoms with van der Waals surface area (Å²) in [5, 5.41) is 2.33. The largest absolute Gasteiger partial charge is 0.515 e. The van der Waals surface area contributed by atoms with Gasteiger partial charge in [0.1, 0.15) is 0 Å². The highest BCUT2D eigenvalue weighted by molar-refractivity contribution is 6.38. The Kier molecular flexibility index (Phi) is 6.47. The maximum Gasteiger partial charge on any atom is 0.515 e. The van der Waals surface area contributed by atoms with Crippen molar-refractivity contribution in [2.45, 2.75) is 13.0 Å². The summed E-state index contributed by atoms with van der Waals surface area (Å²) in [5.74, 6) is -2.88. The fourth-order valence-corrected chi connectivity index (χ4v) is 2.48. The van der Waals surface area contributed by atoms with Crippen molar-refractivity contribution in [1.29, 1.82) is 0 Å². The molecular weight excluding hydrogens is 358 g/mol. The zero-order valence-corrected chi connectivity index (χ0v) is 14.8. The van der Waals surface area contributed by atoms with Crippen LogP contribution in [0.25, 0.3) is 0 Å². The van der Waals surface area contributed by atoms with Gasteiger partial charge in [0.25, 0.3) is 0 Å². The van der Waals surface area contributed by atoms with E-state index < -0.39 is 36.0 Å². The van der Waals surface area contributed by atoms with E-state index in [1.165, 1.54) is 17.0 Å². The minimum absolute atomic E-state index is 0.0161. The van der Waals surface area contributed by atoms with Crippen LogP contribution in [0.2, 0.25) is 0 Å². The average Bonchev–Trinajstić information content (AvgIpc) is 2.68. The van der Waals surface area contributed by atoms with E-state index >= 15 is 0 Å². The molecular formula is C17H19N3O7. The molecule has 10 heteroatoms. The standard InChI is InChI=1S/C17H19N3O7/c1-3-19-9-10-20(14(22)13(19)21)16(24)18-12(11-7-5-4-6-8-11)15(23)27-17(25)26-2/h4-8,12H,3,9-10H2,1-2H3,(H,18,24)/t12-/m0/s1. The highest BCUT2D eigenvalue weighted by atomic mass is 16.7. The molecule has 1 aliphatic heterocycles. The van der Waals surface area contributed by atoms with Crippen molar-refractivity contribution in [3.05, 3.63) is 35.9 Å². The van der Waals surface area contributed by atoms with Crippen molar-refractivity contribution in [1.82, 2.24) is 15.1 Å². The molecule has 1 aromatic carbocycles. The minimum Gasteiger partial charge on any atom is -0.437 e. The fourth-order valence-electron chi connectivity index (χ4n) is 2.48. The summed E-state index contributed by atoms with van der Waals surface area (Å²) in [6.45, 7) is 2.24. The zero-order valence-electron chi connectivity index (χ0n) is 14.8. The topological polar surface area (TPSA) is 122 Å². The summed E-state index contributed by atoms with van der Waals surface area (Å²) in [7, 11) is 1.03. The molecule has 0 bridgehead atoms. The summed E-state index contributed by atoms with van der Waals surface area (Å²) in [5.41, 5.74) is 0.325. The summed E-state index contributed by atoms with van der Waals surface area (Å²) in [4.78, 5) is 62.1. The predicted octanol–water partition coefficient (Wildman–Crippen LogP) is 0.438. The predicted molar refractivity (Wildman–Crippen MR) is 90.2 cm³/mol. The average molecular weight is 377 g/mol. The van der Waals surface area contributed by atoms with Crippen molar-refractivity contribution in [2.75, 3.05) is 26.7 Å². The number of piperazine rings is 1. The summed E-state index contributed by atoms with van der Waals surface area (Å²) < 4.78 is 8.77. The lowest BCUT2D eigenvalue weighted by Crippen LogP contribution is -2.58. The van der Waals surface area contributed by atoms with Crippen molar-refractivity contribution in [3.63, 3.8) is 0 Å². The molecule has 144 valence electrons. The number of carbonyl (C=O) groups is 5. The molecule has 0 aliphatic carbocycles. The van der Waals surface area contributed by atoms with Gasteiger partial charge in [-0.25, -0.2) is 14.4 Å². The Morgan fingerprint density at radius 3 is 2.37 bits per heavy atom. The number of amides is 4. The number of carbonyl (C=O) groups excluding carboxylic acids is 5. The quantitative estimate of drug-likeness (QED) is 0.459. The summed E-state index contributed by atoms with van der Waals surface area (Å²) in [6.07, 6.45) is -1.24. The van der Waals surface area contributed by atoms with Crippen LogP contribution in [0, 0.1) is 0 Å².